The Morgan fingerprint density at radius 3 is 2.34 bits per heavy atom. The summed E-state index contributed by atoms with van der Waals surface area (Å²) in [6, 6.07) is 20.2. The van der Waals surface area contributed by atoms with Gasteiger partial charge in [0.05, 0.1) is 22.8 Å². The van der Waals surface area contributed by atoms with Crippen LogP contribution in [0.25, 0.3) is 0 Å². The van der Waals surface area contributed by atoms with E-state index < -0.39 is 33.5 Å². The molecule has 1 fully saturated rings. The summed E-state index contributed by atoms with van der Waals surface area (Å²) in [4.78, 5) is 28.2. The molecular weight excluding hydrogens is 583 g/mol. The lowest BCUT2D eigenvalue weighted by atomic mass is 9.67. The predicted molar refractivity (Wildman–Crippen MR) is 161 cm³/mol. The Bertz CT molecular complexity index is 1530. The number of halogens is 2. The number of benzene rings is 3. The maximum Gasteiger partial charge on any atom is 0.304 e. The minimum absolute atomic E-state index is 0.0472. The van der Waals surface area contributed by atoms with E-state index in [0.29, 0.717) is 22.0 Å². The van der Waals surface area contributed by atoms with Crippen LogP contribution in [0, 0.1) is 12.3 Å². The SMILES string of the molecule is CC[C@@H](CNS(=O)(=O)c1ccccc1C)N1C(=O)[C@](C)(CC(=O)O)C[C@H](c2cccc(Cl)c2)[C@H]1c1ccc(Cl)cc1. The van der Waals surface area contributed by atoms with Crippen molar-refractivity contribution in [3.8, 4) is 0 Å². The molecule has 0 aromatic heterocycles. The van der Waals surface area contributed by atoms with Crippen LogP contribution in [-0.4, -0.2) is 42.9 Å². The number of likely N-dealkylation sites (tertiary alicyclic amines) is 1. The molecule has 2 N–H and O–H groups in total. The summed E-state index contributed by atoms with van der Waals surface area (Å²) in [5, 5.41) is 10.9. The zero-order chi connectivity index (χ0) is 29.9. The molecular formula is C31H34Cl2N2O5S. The summed E-state index contributed by atoms with van der Waals surface area (Å²) >= 11 is 12.6. The number of carboxylic acid groups (broad SMARTS) is 1. The van der Waals surface area contributed by atoms with Gasteiger partial charge in [0.25, 0.3) is 0 Å². The third-order valence-electron chi connectivity index (χ3n) is 7.89. The van der Waals surface area contributed by atoms with Crippen LogP contribution in [0.1, 0.15) is 61.8 Å². The third-order valence-corrected chi connectivity index (χ3v) is 9.96. The number of carboxylic acids is 1. The average molecular weight is 618 g/mol. The van der Waals surface area contributed by atoms with Crippen LogP contribution in [0.2, 0.25) is 10.0 Å². The summed E-state index contributed by atoms with van der Waals surface area (Å²) in [5.74, 6) is -1.73. The first kappa shape index (κ1) is 31.0. The Labute approximate surface area is 251 Å². The molecule has 0 radical (unpaired) electrons. The molecule has 10 heteroatoms. The van der Waals surface area contributed by atoms with Gasteiger partial charge >= 0.3 is 5.97 Å². The molecule has 0 unspecified atom stereocenters. The fourth-order valence-corrected chi connectivity index (χ4v) is 7.50. The molecule has 0 spiro atoms. The number of nitrogens with zero attached hydrogens (tertiary/aromatic N) is 1. The van der Waals surface area contributed by atoms with E-state index in [1.165, 1.54) is 0 Å². The van der Waals surface area contributed by atoms with Crippen LogP contribution < -0.4 is 4.72 Å². The number of hydrogen-bond acceptors (Lipinski definition) is 4. The number of piperidine rings is 1. The first-order valence-electron chi connectivity index (χ1n) is 13.5. The molecule has 1 saturated heterocycles. The second kappa shape index (κ2) is 12.5. The molecule has 0 aliphatic carbocycles. The zero-order valence-electron chi connectivity index (χ0n) is 23.2. The highest BCUT2D eigenvalue weighted by atomic mass is 35.5. The fourth-order valence-electron chi connectivity index (χ4n) is 5.86. The van der Waals surface area contributed by atoms with Crippen molar-refractivity contribution in [1.29, 1.82) is 0 Å². The van der Waals surface area contributed by atoms with Crippen LogP contribution in [0.5, 0.6) is 0 Å². The first-order valence-corrected chi connectivity index (χ1v) is 15.7. The normalized spacial score (nSPS) is 22.0. The van der Waals surface area contributed by atoms with Crippen molar-refractivity contribution in [2.75, 3.05) is 6.54 Å². The number of amides is 1. The Hall–Kier alpha value is -2.91. The molecule has 218 valence electrons. The number of sulfonamides is 1. The van der Waals surface area contributed by atoms with Gasteiger partial charge in [-0.25, -0.2) is 13.1 Å². The van der Waals surface area contributed by atoms with Crippen molar-refractivity contribution in [2.24, 2.45) is 5.41 Å². The number of aryl methyl sites for hydroxylation is 1. The number of aliphatic carboxylic acids is 1. The molecule has 1 aliphatic rings. The maximum atomic E-state index is 14.4. The van der Waals surface area contributed by atoms with Gasteiger partial charge < -0.3 is 10.0 Å². The third kappa shape index (κ3) is 6.78. The van der Waals surface area contributed by atoms with Crippen LogP contribution in [0.4, 0.5) is 0 Å². The van der Waals surface area contributed by atoms with Crippen LogP contribution in [0.3, 0.4) is 0 Å². The molecule has 7 nitrogen and oxygen atoms in total. The van der Waals surface area contributed by atoms with Crippen molar-refractivity contribution >= 4 is 45.1 Å². The van der Waals surface area contributed by atoms with Gasteiger partial charge in [0.2, 0.25) is 15.9 Å². The number of rotatable bonds is 10. The van der Waals surface area contributed by atoms with E-state index in [1.807, 2.05) is 37.3 Å². The van der Waals surface area contributed by atoms with Crippen molar-refractivity contribution in [3.05, 3.63) is 99.5 Å². The molecule has 1 aliphatic heterocycles. The van der Waals surface area contributed by atoms with Gasteiger partial charge in [-0.05, 0) is 66.8 Å². The lowest BCUT2D eigenvalue weighted by Crippen LogP contribution is -2.58. The maximum absolute atomic E-state index is 14.4. The van der Waals surface area contributed by atoms with Gasteiger partial charge in [-0.15, -0.1) is 0 Å². The molecule has 0 saturated carbocycles. The number of nitrogens with one attached hydrogen (secondary N) is 1. The van der Waals surface area contributed by atoms with E-state index >= 15 is 0 Å². The largest absolute Gasteiger partial charge is 0.481 e. The second-order valence-corrected chi connectivity index (χ2v) is 13.5. The molecule has 41 heavy (non-hydrogen) atoms. The lowest BCUT2D eigenvalue weighted by molar-refractivity contribution is -0.160. The van der Waals surface area contributed by atoms with Crippen molar-refractivity contribution in [3.63, 3.8) is 0 Å². The minimum atomic E-state index is -3.88. The second-order valence-electron chi connectivity index (χ2n) is 10.9. The highest BCUT2D eigenvalue weighted by Gasteiger charge is 2.52. The average Bonchev–Trinajstić information content (AvgIpc) is 2.91. The van der Waals surface area contributed by atoms with E-state index in [9.17, 15) is 23.1 Å². The van der Waals surface area contributed by atoms with Gasteiger partial charge in [0, 0.05) is 28.5 Å². The molecule has 3 aromatic rings. The summed E-state index contributed by atoms with van der Waals surface area (Å²) in [7, 11) is -3.88. The topological polar surface area (TPSA) is 104 Å². The molecule has 3 aromatic carbocycles. The van der Waals surface area contributed by atoms with E-state index in [-0.39, 0.29) is 36.1 Å². The fraction of sp³-hybridized carbons (Fsp3) is 0.355. The van der Waals surface area contributed by atoms with Gasteiger partial charge in [0.15, 0.2) is 0 Å². The van der Waals surface area contributed by atoms with Crippen LogP contribution in [-0.2, 0) is 19.6 Å². The van der Waals surface area contributed by atoms with E-state index in [4.69, 9.17) is 23.2 Å². The highest BCUT2D eigenvalue weighted by Crippen LogP contribution is 2.52. The number of carbonyl (C=O) groups is 2. The first-order chi connectivity index (χ1) is 19.4. The van der Waals surface area contributed by atoms with Gasteiger partial charge in [-0.2, -0.15) is 0 Å². The molecule has 0 bridgehead atoms. The molecule has 4 atom stereocenters. The summed E-state index contributed by atoms with van der Waals surface area (Å²) < 4.78 is 29.3. The standard InChI is InChI=1S/C31H34Cl2N2O5S/c1-4-25(19-34-41(39,40)27-11-6-5-8-20(27)2)35-29(21-12-14-23(32)15-13-21)26(22-9-7-10-24(33)16-22)17-31(3,30(35)38)18-28(36)37/h5-16,25-26,29,34H,4,17-19H2,1-3H3,(H,36,37)/t25-,26+,29+,31-/m0/s1. The van der Waals surface area contributed by atoms with E-state index in [1.54, 1.807) is 61.2 Å². The minimum Gasteiger partial charge on any atom is -0.481 e. The van der Waals surface area contributed by atoms with Crippen molar-refractivity contribution < 1.29 is 23.1 Å². The Morgan fingerprint density at radius 1 is 1.05 bits per heavy atom. The predicted octanol–water partition coefficient (Wildman–Crippen LogP) is 6.60. The smallest absolute Gasteiger partial charge is 0.304 e. The van der Waals surface area contributed by atoms with E-state index in [2.05, 4.69) is 4.72 Å². The monoisotopic (exact) mass is 616 g/mol. The van der Waals surface area contributed by atoms with Crippen molar-refractivity contribution in [2.45, 2.75) is 62.9 Å². The summed E-state index contributed by atoms with van der Waals surface area (Å²) in [6.07, 6.45) is 0.337. The van der Waals surface area contributed by atoms with Gasteiger partial charge in [-0.1, -0.05) is 79.5 Å². The molecule has 1 heterocycles. The lowest BCUT2D eigenvalue weighted by Gasteiger charge is -2.52. The van der Waals surface area contributed by atoms with Gasteiger partial charge in [0.1, 0.15) is 0 Å². The quantitative estimate of drug-likeness (QED) is 0.267. The summed E-state index contributed by atoms with van der Waals surface area (Å²) in [6.45, 7) is 5.24. The molecule has 1 amide bonds. The Kier molecular flexibility index (Phi) is 9.49. The zero-order valence-corrected chi connectivity index (χ0v) is 25.5. The number of hydrogen-bond donors (Lipinski definition) is 2. The van der Waals surface area contributed by atoms with Gasteiger partial charge in [-0.3, -0.25) is 9.59 Å². The molecule has 4 rings (SSSR count). The number of carbonyl (C=O) groups excluding carboxylic acids is 1. The van der Waals surface area contributed by atoms with E-state index in [0.717, 1.165) is 11.1 Å². The highest BCUT2D eigenvalue weighted by molar-refractivity contribution is 7.89. The van der Waals surface area contributed by atoms with Crippen molar-refractivity contribution in [1.82, 2.24) is 9.62 Å². The Balaban J connectivity index is 1.83. The van der Waals surface area contributed by atoms with Crippen LogP contribution >= 0.6 is 23.2 Å². The van der Waals surface area contributed by atoms with Crippen LogP contribution in [0.15, 0.2) is 77.7 Å². The Morgan fingerprint density at radius 2 is 1.73 bits per heavy atom. The summed E-state index contributed by atoms with van der Waals surface area (Å²) in [5.41, 5.74) is 1.05.